The highest BCUT2D eigenvalue weighted by Crippen LogP contribution is 2.20. The molecule has 0 aliphatic rings. The summed E-state index contributed by atoms with van der Waals surface area (Å²) in [7, 11) is 1.67. The topological polar surface area (TPSA) is 77.0 Å². The molecule has 0 atom stereocenters. The molecule has 2 rings (SSSR count). The number of methoxy groups -OCH3 is 1. The van der Waals surface area contributed by atoms with Crippen LogP contribution in [0.2, 0.25) is 0 Å². The number of aryl methyl sites for hydroxylation is 1. The van der Waals surface area contributed by atoms with Crippen molar-refractivity contribution in [3.05, 3.63) is 53.2 Å². The first-order chi connectivity index (χ1) is 14.2. The van der Waals surface area contributed by atoms with Crippen LogP contribution in [0.5, 0.6) is 11.6 Å². The summed E-state index contributed by atoms with van der Waals surface area (Å²) in [5.74, 6) is 2.21. The van der Waals surface area contributed by atoms with E-state index in [0.717, 1.165) is 34.9 Å². The lowest BCUT2D eigenvalue weighted by atomic mass is 10.1. The average Bonchev–Trinajstić information content (AvgIpc) is 2.72. The fourth-order valence-electron chi connectivity index (χ4n) is 2.67. The first-order valence-electron chi connectivity index (χ1n) is 9.98. The Balaban J connectivity index is 2.06. The van der Waals surface area contributed by atoms with E-state index < -0.39 is 0 Å². The van der Waals surface area contributed by atoms with Gasteiger partial charge in [0.25, 0.3) is 0 Å². The number of hydrogen-bond acceptors (Lipinski definition) is 5. The summed E-state index contributed by atoms with van der Waals surface area (Å²) in [6.07, 6.45) is 1.73. The van der Waals surface area contributed by atoms with E-state index in [-0.39, 0.29) is 0 Å². The summed E-state index contributed by atoms with van der Waals surface area (Å²) in [5.41, 5.74) is 3.17. The summed E-state index contributed by atoms with van der Waals surface area (Å²) in [6, 6.07) is 10.1. The number of hydrogen-bond donors (Lipinski definition) is 2. The van der Waals surface area contributed by atoms with Gasteiger partial charge in [-0.1, -0.05) is 18.2 Å². The number of nitrogens with one attached hydrogen (secondary N) is 2. The molecule has 7 heteroatoms. The van der Waals surface area contributed by atoms with E-state index in [9.17, 15) is 0 Å². The standard InChI is InChI=1S/C22H32N4O3/c1-5-23-22(26-16-19-8-7-11-24-21(19)28-6-2)25-15-18-10-9-17(3)14-20(18)29-13-12-27-4/h7-11,14H,5-6,12-13,15-16H2,1-4H3,(H2,23,25,26). The molecule has 0 aliphatic carbocycles. The summed E-state index contributed by atoms with van der Waals surface area (Å²) in [6.45, 7) is 9.52. The molecule has 1 heterocycles. The second-order valence-electron chi connectivity index (χ2n) is 6.40. The molecular formula is C22H32N4O3. The minimum Gasteiger partial charge on any atom is -0.491 e. The number of aromatic nitrogens is 1. The number of benzene rings is 1. The summed E-state index contributed by atoms with van der Waals surface area (Å²) >= 11 is 0. The maximum absolute atomic E-state index is 5.87. The quantitative estimate of drug-likeness (QED) is 0.343. The van der Waals surface area contributed by atoms with Crippen LogP contribution in [-0.2, 0) is 17.8 Å². The molecule has 1 aromatic heterocycles. The zero-order valence-electron chi connectivity index (χ0n) is 17.8. The lowest BCUT2D eigenvalue weighted by Gasteiger charge is -2.15. The number of guanidine groups is 1. The first kappa shape index (κ1) is 22.5. The van der Waals surface area contributed by atoms with Gasteiger partial charge in [0, 0.05) is 37.5 Å². The van der Waals surface area contributed by atoms with Crippen LogP contribution in [0.4, 0.5) is 0 Å². The number of aliphatic imine (C=N–C) groups is 1. The first-order valence-corrected chi connectivity index (χ1v) is 9.98. The van der Waals surface area contributed by atoms with Gasteiger partial charge in [-0.2, -0.15) is 0 Å². The van der Waals surface area contributed by atoms with Gasteiger partial charge in [-0.05, 0) is 38.5 Å². The van der Waals surface area contributed by atoms with Gasteiger partial charge < -0.3 is 24.8 Å². The Bertz CT molecular complexity index is 780. The van der Waals surface area contributed by atoms with Gasteiger partial charge in [0.15, 0.2) is 5.96 Å². The van der Waals surface area contributed by atoms with Crippen LogP contribution >= 0.6 is 0 Å². The minimum atomic E-state index is 0.476. The van der Waals surface area contributed by atoms with E-state index in [1.54, 1.807) is 13.3 Å². The van der Waals surface area contributed by atoms with Crippen LogP contribution in [-0.4, -0.2) is 44.4 Å². The second-order valence-corrected chi connectivity index (χ2v) is 6.40. The Morgan fingerprint density at radius 3 is 2.69 bits per heavy atom. The summed E-state index contributed by atoms with van der Waals surface area (Å²) in [4.78, 5) is 8.96. The largest absolute Gasteiger partial charge is 0.491 e. The lowest BCUT2D eigenvalue weighted by Crippen LogP contribution is -2.36. The van der Waals surface area contributed by atoms with Crippen molar-refractivity contribution < 1.29 is 14.2 Å². The molecule has 0 unspecified atom stereocenters. The summed E-state index contributed by atoms with van der Waals surface area (Å²) in [5, 5.41) is 6.65. The van der Waals surface area contributed by atoms with Crippen LogP contribution in [0.3, 0.4) is 0 Å². The molecule has 0 bridgehead atoms. The van der Waals surface area contributed by atoms with Crippen LogP contribution in [0, 0.1) is 6.92 Å². The average molecular weight is 401 g/mol. The van der Waals surface area contributed by atoms with Crippen molar-refractivity contribution in [1.82, 2.24) is 15.6 Å². The van der Waals surface area contributed by atoms with E-state index in [4.69, 9.17) is 14.2 Å². The van der Waals surface area contributed by atoms with Crippen LogP contribution in [0.15, 0.2) is 41.5 Å². The van der Waals surface area contributed by atoms with E-state index >= 15 is 0 Å². The molecule has 0 amide bonds. The van der Waals surface area contributed by atoms with Gasteiger partial charge >= 0.3 is 0 Å². The Hall–Kier alpha value is -2.80. The Labute approximate surface area is 173 Å². The summed E-state index contributed by atoms with van der Waals surface area (Å²) < 4.78 is 16.5. The van der Waals surface area contributed by atoms with Gasteiger partial charge in [-0.25, -0.2) is 9.98 Å². The molecule has 0 aliphatic heterocycles. The third kappa shape index (κ3) is 7.62. The highest BCUT2D eigenvalue weighted by molar-refractivity contribution is 5.79. The van der Waals surface area contributed by atoms with Crippen molar-refractivity contribution in [2.24, 2.45) is 4.99 Å². The number of ether oxygens (including phenoxy) is 3. The van der Waals surface area contributed by atoms with E-state index in [1.807, 2.05) is 32.0 Å². The van der Waals surface area contributed by atoms with Gasteiger partial charge in [-0.3, -0.25) is 0 Å². The molecule has 158 valence electrons. The molecule has 0 radical (unpaired) electrons. The maximum Gasteiger partial charge on any atom is 0.218 e. The zero-order chi connectivity index (χ0) is 20.9. The molecule has 0 fully saturated rings. The third-order valence-electron chi connectivity index (χ3n) is 4.10. The molecule has 0 saturated heterocycles. The van der Waals surface area contributed by atoms with Crippen molar-refractivity contribution in [3.8, 4) is 11.6 Å². The Morgan fingerprint density at radius 2 is 1.93 bits per heavy atom. The highest BCUT2D eigenvalue weighted by atomic mass is 16.5. The SMILES string of the molecule is CCNC(=NCc1cccnc1OCC)NCc1ccc(C)cc1OCCOC. The van der Waals surface area contributed by atoms with Crippen molar-refractivity contribution in [1.29, 1.82) is 0 Å². The molecule has 2 N–H and O–H groups in total. The Morgan fingerprint density at radius 1 is 1.07 bits per heavy atom. The fourth-order valence-corrected chi connectivity index (χ4v) is 2.67. The van der Waals surface area contributed by atoms with Crippen LogP contribution < -0.4 is 20.1 Å². The lowest BCUT2D eigenvalue weighted by molar-refractivity contribution is 0.145. The molecule has 7 nitrogen and oxygen atoms in total. The molecule has 2 aromatic rings. The number of nitrogens with zero attached hydrogens (tertiary/aromatic N) is 2. The van der Waals surface area contributed by atoms with E-state index in [1.165, 1.54) is 0 Å². The van der Waals surface area contributed by atoms with Crippen molar-refractivity contribution in [2.45, 2.75) is 33.9 Å². The second kappa shape index (κ2) is 12.6. The van der Waals surface area contributed by atoms with Crippen LogP contribution in [0.25, 0.3) is 0 Å². The third-order valence-corrected chi connectivity index (χ3v) is 4.10. The molecule has 1 aromatic carbocycles. The smallest absolute Gasteiger partial charge is 0.218 e. The predicted octanol–water partition coefficient (Wildman–Crippen LogP) is 3.07. The molecule has 29 heavy (non-hydrogen) atoms. The molecule has 0 spiro atoms. The van der Waals surface area contributed by atoms with Crippen molar-refractivity contribution >= 4 is 5.96 Å². The van der Waals surface area contributed by atoms with Gasteiger partial charge in [-0.15, -0.1) is 0 Å². The maximum atomic E-state index is 5.87. The normalized spacial score (nSPS) is 11.2. The highest BCUT2D eigenvalue weighted by Gasteiger charge is 2.07. The minimum absolute atomic E-state index is 0.476. The van der Waals surface area contributed by atoms with E-state index in [2.05, 4.69) is 39.7 Å². The van der Waals surface area contributed by atoms with Gasteiger partial charge in [0.1, 0.15) is 12.4 Å². The van der Waals surface area contributed by atoms with Crippen molar-refractivity contribution in [3.63, 3.8) is 0 Å². The number of rotatable bonds is 11. The molecular weight excluding hydrogens is 368 g/mol. The van der Waals surface area contributed by atoms with Crippen LogP contribution in [0.1, 0.15) is 30.5 Å². The van der Waals surface area contributed by atoms with Gasteiger partial charge in [0.05, 0.1) is 19.8 Å². The van der Waals surface area contributed by atoms with E-state index in [0.29, 0.717) is 38.8 Å². The zero-order valence-corrected chi connectivity index (χ0v) is 17.8. The number of pyridine rings is 1. The Kier molecular flexibility index (Phi) is 9.78. The van der Waals surface area contributed by atoms with Gasteiger partial charge in [0.2, 0.25) is 5.88 Å². The fraction of sp³-hybridized carbons (Fsp3) is 0.455. The van der Waals surface area contributed by atoms with Crippen molar-refractivity contribution in [2.75, 3.05) is 33.5 Å². The monoisotopic (exact) mass is 400 g/mol. The molecule has 0 saturated carbocycles. The predicted molar refractivity (Wildman–Crippen MR) is 116 cm³/mol.